The van der Waals surface area contributed by atoms with Crippen LogP contribution in [0.1, 0.15) is 6.92 Å². The molecule has 0 aromatic rings. The Morgan fingerprint density at radius 1 is 0.857 bits per heavy atom. The SMILES string of the molecule is CC(N1C=CN(C)C1)N1C=CN(C)C1. The molecule has 0 aliphatic carbocycles. The van der Waals surface area contributed by atoms with Crippen LogP contribution in [0.3, 0.4) is 0 Å². The molecule has 14 heavy (non-hydrogen) atoms. The van der Waals surface area contributed by atoms with Crippen molar-refractivity contribution in [2.24, 2.45) is 0 Å². The monoisotopic (exact) mass is 194 g/mol. The van der Waals surface area contributed by atoms with E-state index in [1.807, 2.05) is 0 Å². The molecule has 0 aromatic carbocycles. The Hall–Kier alpha value is -1.32. The topological polar surface area (TPSA) is 13.0 Å². The lowest BCUT2D eigenvalue weighted by atomic mass is 10.4. The Morgan fingerprint density at radius 2 is 1.29 bits per heavy atom. The molecule has 0 saturated carbocycles. The van der Waals surface area contributed by atoms with Crippen LogP contribution in [0.2, 0.25) is 0 Å². The minimum atomic E-state index is 0.428. The summed E-state index contributed by atoms with van der Waals surface area (Å²) in [5, 5.41) is 0. The van der Waals surface area contributed by atoms with Crippen LogP contribution in [0.15, 0.2) is 24.8 Å². The number of hydrogen-bond acceptors (Lipinski definition) is 4. The second-order valence-electron chi connectivity index (χ2n) is 4.05. The van der Waals surface area contributed by atoms with Crippen LogP contribution in [0.25, 0.3) is 0 Å². The first-order chi connectivity index (χ1) is 6.66. The summed E-state index contributed by atoms with van der Waals surface area (Å²) in [6, 6.07) is 0. The van der Waals surface area contributed by atoms with E-state index in [9.17, 15) is 0 Å². The van der Waals surface area contributed by atoms with Gasteiger partial charge >= 0.3 is 0 Å². The van der Waals surface area contributed by atoms with Crippen molar-refractivity contribution >= 4 is 0 Å². The Bertz CT molecular complexity index is 235. The van der Waals surface area contributed by atoms with E-state index in [4.69, 9.17) is 0 Å². The first-order valence-corrected chi connectivity index (χ1v) is 4.95. The molecule has 4 nitrogen and oxygen atoms in total. The van der Waals surface area contributed by atoms with Crippen molar-refractivity contribution in [2.45, 2.75) is 13.1 Å². The molecule has 2 aliphatic heterocycles. The highest BCUT2D eigenvalue weighted by molar-refractivity contribution is 4.96. The molecule has 0 unspecified atom stereocenters. The van der Waals surface area contributed by atoms with Crippen LogP contribution in [0, 0.1) is 0 Å². The van der Waals surface area contributed by atoms with Gasteiger partial charge in [0.15, 0.2) is 0 Å². The van der Waals surface area contributed by atoms with Gasteiger partial charge in [0.05, 0.1) is 13.3 Å². The minimum Gasteiger partial charge on any atom is -0.362 e. The molecule has 2 heterocycles. The lowest BCUT2D eigenvalue weighted by Gasteiger charge is -2.33. The van der Waals surface area contributed by atoms with Gasteiger partial charge in [-0.05, 0) is 6.92 Å². The van der Waals surface area contributed by atoms with Gasteiger partial charge in [0.1, 0.15) is 6.17 Å². The number of nitrogens with zero attached hydrogens (tertiary/aromatic N) is 4. The van der Waals surface area contributed by atoms with Gasteiger partial charge in [0, 0.05) is 38.9 Å². The molecule has 0 N–H and O–H groups in total. The Morgan fingerprint density at radius 3 is 1.57 bits per heavy atom. The van der Waals surface area contributed by atoms with Crippen molar-refractivity contribution in [3.8, 4) is 0 Å². The van der Waals surface area contributed by atoms with Crippen LogP contribution in [-0.2, 0) is 0 Å². The van der Waals surface area contributed by atoms with Crippen LogP contribution >= 0.6 is 0 Å². The van der Waals surface area contributed by atoms with Crippen LogP contribution < -0.4 is 0 Å². The lowest BCUT2D eigenvalue weighted by molar-refractivity contribution is 0.105. The first-order valence-electron chi connectivity index (χ1n) is 4.95. The van der Waals surface area contributed by atoms with Gasteiger partial charge in [-0.15, -0.1) is 0 Å². The average Bonchev–Trinajstić information content (AvgIpc) is 2.73. The fourth-order valence-electron chi connectivity index (χ4n) is 1.78. The molecule has 0 amide bonds. The van der Waals surface area contributed by atoms with Crippen LogP contribution in [0.4, 0.5) is 0 Å². The highest BCUT2D eigenvalue weighted by Crippen LogP contribution is 2.15. The molecule has 0 radical (unpaired) electrons. The van der Waals surface area contributed by atoms with E-state index >= 15 is 0 Å². The smallest absolute Gasteiger partial charge is 0.101 e. The molecule has 78 valence electrons. The van der Waals surface area contributed by atoms with Crippen molar-refractivity contribution in [1.29, 1.82) is 0 Å². The van der Waals surface area contributed by atoms with E-state index < -0.39 is 0 Å². The summed E-state index contributed by atoms with van der Waals surface area (Å²) in [6.07, 6.45) is 8.95. The average molecular weight is 194 g/mol. The predicted octanol–water partition coefficient (Wildman–Crippen LogP) is 0.685. The molecule has 2 aliphatic rings. The van der Waals surface area contributed by atoms with E-state index in [-0.39, 0.29) is 0 Å². The van der Waals surface area contributed by atoms with Crippen molar-refractivity contribution < 1.29 is 0 Å². The zero-order valence-electron chi connectivity index (χ0n) is 9.09. The normalized spacial score (nSPS) is 20.9. The van der Waals surface area contributed by atoms with Crippen LogP contribution in [-0.4, -0.2) is 53.2 Å². The van der Waals surface area contributed by atoms with Crippen molar-refractivity contribution in [3.05, 3.63) is 24.8 Å². The maximum atomic E-state index is 2.32. The third-order valence-corrected chi connectivity index (χ3v) is 2.76. The predicted molar refractivity (Wildman–Crippen MR) is 56.7 cm³/mol. The number of rotatable bonds is 2. The zero-order valence-corrected chi connectivity index (χ0v) is 9.09. The summed E-state index contributed by atoms with van der Waals surface area (Å²) in [4.78, 5) is 9.01. The van der Waals surface area contributed by atoms with E-state index in [0.717, 1.165) is 13.3 Å². The molecule has 0 bridgehead atoms. The van der Waals surface area contributed by atoms with Gasteiger partial charge in [-0.1, -0.05) is 0 Å². The molecular formula is C10H18N4. The molecule has 2 rings (SSSR count). The van der Waals surface area contributed by atoms with E-state index in [1.165, 1.54) is 0 Å². The second kappa shape index (κ2) is 3.44. The van der Waals surface area contributed by atoms with E-state index in [1.54, 1.807) is 0 Å². The Kier molecular flexibility index (Phi) is 2.27. The molecule has 0 aromatic heterocycles. The van der Waals surface area contributed by atoms with E-state index in [2.05, 4.69) is 65.4 Å². The third-order valence-electron chi connectivity index (χ3n) is 2.76. The summed E-state index contributed by atoms with van der Waals surface area (Å²) in [7, 11) is 4.18. The highest BCUT2D eigenvalue weighted by atomic mass is 15.5. The minimum absolute atomic E-state index is 0.428. The largest absolute Gasteiger partial charge is 0.362 e. The summed E-state index contributed by atoms with van der Waals surface area (Å²) >= 11 is 0. The fraction of sp³-hybridized carbons (Fsp3) is 0.600. The van der Waals surface area contributed by atoms with Crippen molar-refractivity contribution in [2.75, 3.05) is 27.4 Å². The van der Waals surface area contributed by atoms with E-state index in [0.29, 0.717) is 6.17 Å². The van der Waals surface area contributed by atoms with Gasteiger partial charge in [0.2, 0.25) is 0 Å². The van der Waals surface area contributed by atoms with Gasteiger partial charge in [-0.25, -0.2) is 0 Å². The molecular weight excluding hydrogens is 176 g/mol. The van der Waals surface area contributed by atoms with Gasteiger partial charge in [0.25, 0.3) is 0 Å². The maximum Gasteiger partial charge on any atom is 0.101 e. The quantitative estimate of drug-likeness (QED) is 0.641. The Labute approximate surface area is 85.7 Å². The molecule has 0 atom stereocenters. The second-order valence-corrected chi connectivity index (χ2v) is 4.05. The molecule has 0 saturated heterocycles. The zero-order chi connectivity index (χ0) is 10.1. The summed E-state index contributed by atoms with van der Waals surface area (Å²) < 4.78 is 0. The van der Waals surface area contributed by atoms with Crippen molar-refractivity contribution in [1.82, 2.24) is 19.6 Å². The maximum absolute atomic E-state index is 2.32. The summed E-state index contributed by atoms with van der Waals surface area (Å²) in [5.41, 5.74) is 0. The molecule has 4 heteroatoms. The highest BCUT2D eigenvalue weighted by Gasteiger charge is 2.22. The first kappa shape index (κ1) is 9.24. The molecule has 0 fully saturated rings. The third kappa shape index (κ3) is 1.64. The van der Waals surface area contributed by atoms with Crippen molar-refractivity contribution in [3.63, 3.8) is 0 Å². The van der Waals surface area contributed by atoms with Gasteiger partial charge in [-0.3, -0.25) is 0 Å². The van der Waals surface area contributed by atoms with Gasteiger partial charge < -0.3 is 19.6 Å². The lowest BCUT2D eigenvalue weighted by Crippen LogP contribution is -2.42. The number of hydrogen-bond donors (Lipinski definition) is 0. The van der Waals surface area contributed by atoms with Gasteiger partial charge in [-0.2, -0.15) is 0 Å². The fourth-order valence-corrected chi connectivity index (χ4v) is 1.78. The standard InChI is InChI=1S/C10H18N4/c1-10(13-6-4-11(2)8-13)14-7-5-12(3)9-14/h4-7,10H,8-9H2,1-3H3. The summed E-state index contributed by atoms with van der Waals surface area (Å²) in [6.45, 7) is 4.19. The van der Waals surface area contributed by atoms with Crippen LogP contribution in [0.5, 0.6) is 0 Å². The Balaban J connectivity index is 1.93. The molecule has 0 spiro atoms. The summed E-state index contributed by atoms with van der Waals surface area (Å²) in [5.74, 6) is 0.